The zero-order chi connectivity index (χ0) is 14.7. The Balaban J connectivity index is 2.23. The smallest absolute Gasteiger partial charge is 0.261 e. The average molecular weight is 331 g/mol. The third kappa shape index (κ3) is 2.14. The Morgan fingerprint density at radius 3 is 2.80 bits per heavy atom. The fraction of sp³-hybridized carbons (Fsp3) is 0.462. The van der Waals surface area contributed by atoms with Crippen LogP contribution in [0.25, 0.3) is 0 Å². The van der Waals surface area contributed by atoms with Gasteiger partial charge in [0, 0.05) is 28.4 Å². The highest BCUT2D eigenvalue weighted by atomic mass is 35.5. The van der Waals surface area contributed by atoms with Crippen molar-refractivity contribution in [2.45, 2.75) is 30.6 Å². The Kier molecular flexibility index (Phi) is 3.12. The molecule has 0 radical (unpaired) electrons. The zero-order valence-electron chi connectivity index (χ0n) is 11.5. The number of rotatable bonds is 0. The molecule has 0 atom stereocenters. The van der Waals surface area contributed by atoms with Crippen LogP contribution in [0.1, 0.15) is 19.4 Å². The van der Waals surface area contributed by atoms with Crippen molar-refractivity contribution in [1.29, 1.82) is 0 Å². The highest BCUT2D eigenvalue weighted by molar-refractivity contribution is 8.16. The monoisotopic (exact) mass is 330 g/mol. The predicted octanol–water partition coefficient (Wildman–Crippen LogP) is 3.14. The van der Waals surface area contributed by atoms with Crippen molar-refractivity contribution >= 4 is 38.6 Å². The van der Waals surface area contributed by atoms with Gasteiger partial charge in [0.2, 0.25) is 0 Å². The summed E-state index contributed by atoms with van der Waals surface area (Å²) in [5.74, 6) is 0. The largest absolute Gasteiger partial charge is 0.267 e. The molecule has 2 aliphatic heterocycles. The van der Waals surface area contributed by atoms with E-state index in [2.05, 4.69) is 4.99 Å². The molecule has 2 heterocycles. The van der Waals surface area contributed by atoms with E-state index in [0.717, 1.165) is 0 Å². The first-order chi connectivity index (χ1) is 9.21. The van der Waals surface area contributed by atoms with Gasteiger partial charge in [-0.1, -0.05) is 25.4 Å². The van der Waals surface area contributed by atoms with Gasteiger partial charge >= 0.3 is 0 Å². The molecule has 0 saturated carbocycles. The van der Waals surface area contributed by atoms with E-state index in [0.29, 0.717) is 38.6 Å². The number of benzene rings is 1. The van der Waals surface area contributed by atoms with Crippen LogP contribution < -0.4 is 0 Å². The maximum atomic E-state index is 12.8. The van der Waals surface area contributed by atoms with Gasteiger partial charge in [-0.15, -0.1) is 0 Å². The molecule has 2 aliphatic rings. The van der Waals surface area contributed by atoms with Crippen molar-refractivity contribution in [1.82, 2.24) is 4.31 Å². The molecular weight excluding hydrogens is 316 g/mol. The summed E-state index contributed by atoms with van der Waals surface area (Å²) in [7, 11) is -3.54. The van der Waals surface area contributed by atoms with Gasteiger partial charge in [0.1, 0.15) is 4.90 Å². The van der Waals surface area contributed by atoms with Crippen LogP contribution in [0.15, 0.2) is 26.9 Å². The Bertz CT molecular complexity index is 726. The fourth-order valence-corrected chi connectivity index (χ4v) is 6.35. The molecule has 1 aromatic carbocycles. The molecule has 4 nitrogen and oxygen atoms in total. The molecule has 0 N–H and O–H groups in total. The standard InChI is InChI=1S/C13H15ClN2O2S2/c1-8-4-9(14)5-10-11(8)20(17,18)16-7-13(2,3)6-15-12(16)19-10/h4-5H,6-7H2,1-3H3. The fourth-order valence-electron chi connectivity index (χ4n) is 2.45. The van der Waals surface area contributed by atoms with Gasteiger partial charge in [0.15, 0.2) is 5.17 Å². The quantitative estimate of drug-likeness (QED) is 0.734. The predicted molar refractivity (Wildman–Crippen MR) is 82.0 cm³/mol. The first-order valence-electron chi connectivity index (χ1n) is 6.26. The van der Waals surface area contributed by atoms with Crippen LogP contribution in [0.2, 0.25) is 5.02 Å². The number of thioether (sulfide) groups is 1. The molecule has 0 spiro atoms. The van der Waals surface area contributed by atoms with Crippen molar-refractivity contribution in [3.63, 3.8) is 0 Å². The summed E-state index contributed by atoms with van der Waals surface area (Å²) in [5.41, 5.74) is 0.539. The number of aliphatic imine (C=N–C) groups is 1. The molecule has 0 amide bonds. The van der Waals surface area contributed by atoms with Crippen LogP contribution in [0.4, 0.5) is 0 Å². The summed E-state index contributed by atoms with van der Waals surface area (Å²) < 4.78 is 27.1. The lowest BCUT2D eigenvalue weighted by atomic mass is 9.93. The first kappa shape index (κ1) is 14.2. The topological polar surface area (TPSA) is 49.7 Å². The molecule has 20 heavy (non-hydrogen) atoms. The molecule has 3 rings (SSSR count). The maximum absolute atomic E-state index is 12.8. The third-order valence-electron chi connectivity index (χ3n) is 3.38. The van der Waals surface area contributed by atoms with Gasteiger partial charge in [-0.25, -0.2) is 12.7 Å². The van der Waals surface area contributed by atoms with Crippen molar-refractivity contribution in [3.05, 3.63) is 22.7 Å². The van der Waals surface area contributed by atoms with Gasteiger partial charge in [-0.3, -0.25) is 4.99 Å². The minimum Gasteiger partial charge on any atom is -0.261 e. The SMILES string of the molecule is Cc1cc(Cl)cc2c1S(=O)(=O)N1CC(C)(C)CN=C1S2. The van der Waals surface area contributed by atoms with Crippen LogP contribution in [-0.4, -0.2) is 31.0 Å². The van der Waals surface area contributed by atoms with E-state index in [4.69, 9.17) is 11.6 Å². The number of fused-ring (bicyclic) bond motifs is 2. The van der Waals surface area contributed by atoms with Gasteiger partial charge in [-0.05, 0) is 36.4 Å². The molecule has 0 aromatic heterocycles. The summed E-state index contributed by atoms with van der Waals surface area (Å²) in [6, 6.07) is 3.39. The average Bonchev–Trinajstić information content (AvgIpc) is 2.28. The number of aryl methyl sites for hydroxylation is 1. The van der Waals surface area contributed by atoms with Crippen molar-refractivity contribution in [3.8, 4) is 0 Å². The molecule has 0 bridgehead atoms. The molecule has 108 valence electrons. The van der Waals surface area contributed by atoms with E-state index in [-0.39, 0.29) is 5.41 Å². The van der Waals surface area contributed by atoms with Gasteiger partial charge in [0.05, 0.1) is 0 Å². The molecule has 0 saturated heterocycles. The molecule has 0 unspecified atom stereocenters. The molecule has 1 aromatic rings. The molecular formula is C13H15ClN2O2S2. The second kappa shape index (κ2) is 4.39. The van der Waals surface area contributed by atoms with Crippen LogP contribution in [0.3, 0.4) is 0 Å². The number of nitrogens with zero attached hydrogens (tertiary/aromatic N) is 2. The van der Waals surface area contributed by atoms with Crippen molar-refractivity contribution in [2.24, 2.45) is 10.4 Å². The Morgan fingerprint density at radius 2 is 2.10 bits per heavy atom. The van der Waals surface area contributed by atoms with Gasteiger partial charge in [0.25, 0.3) is 10.0 Å². The number of halogens is 1. The normalized spacial score (nSPS) is 22.8. The summed E-state index contributed by atoms with van der Waals surface area (Å²) in [6.07, 6.45) is 0. The van der Waals surface area contributed by atoms with Crippen molar-refractivity contribution < 1.29 is 8.42 Å². The highest BCUT2D eigenvalue weighted by Crippen LogP contribution is 2.43. The van der Waals surface area contributed by atoms with E-state index in [1.165, 1.54) is 16.1 Å². The first-order valence-corrected chi connectivity index (χ1v) is 8.89. The van der Waals surface area contributed by atoms with E-state index in [1.807, 2.05) is 13.8 Å². The Hall–Kier alpha value is -0.720. The number of hydrogen-bond donors (Lipinski definition) is 0. The van der Waals surface area contributed by atoms with E-state index in [9.17, 15) is 8.42 Å². The second-order valence-electron chi connectivity index (χ2n) is 5.93. The van der Waals surface area contributed by atoms with E-state index < -0.39 is 10.0 Å². The number of hydrogen-bond acceptors (Lipinski definition) is 4. The third-order valence-corrected chi connectivity index (χ3v) is 6.86. The lowest BCUT2D eigenvalue weighted by molar-refractivity contribution is 0.303. The number of amidine groups is 1. The Morgan fingerprint density at radius 1 is 1.40 bits per heavy atom. The molecule has 0 aliphatic carbocycles. The molecule has 7 heteroatoms. The highest BCUT2D eigenvalue weighted by Gasteiger charge is 2.42. The van der Waals surface area contributed by atoms with E-state index >= 15 is 0 Å². The van der Waals surface area contributed by atoms with Crippen LogP contribution in [0, 0.1) is 12.3 Å². The van der Waals surface area contributed by atoms with Crippen LogP contribution in [-0.2, 0) is 10.0 Å². The van der Waals surface area contributed by atoms with Crippen LogP contribution >= 0.6 is 23.4 Å². The number of sulfonamides is 1. The minimum atomic E-state index is -3.54. The summed E-state index contributed by atoms with van der Waals surface area (Å²) in [5, 5.41) is 1.10. The van der Waals surface area contributed by atoms with Crippen LogP contribution in [0.5, 0.6) is 0 Å². The maximum Gasteiger partial charge on any atom is 0.267 e. The molecule has 0 fully saturated rings. The van der Waals surface area contributed by atoms with Gasteiger partial charge < -0.3 is 0 Å². The second-order valence-corrected chi connectivity index (χ2v) is 9.17. The minimum absolute atomic E-state index is 0.144. The summed E-state index contributed by atoms with van der Waals surface area (Å²) in [6.45, 7) is 6.92. The lowest BCUT2D eigenvalue weighted by Crippen LogP contribution is -2.48. The Labute approximate surface area is 128 Å². The van der Waals surface area contributed by atoms with Gasteiger partial charge in [-0.2, -0.15) is 0 Å². The van der Waals surface area contributed by atoms with Crippen molar-refractivity contribution in [2.75, 3.05) is 13.1 Å². The summed E-state index contributed by atoms with van der Waals surface area (Å²) >= 11 is 7.42. The zero-order valence-corrected chi connectivity index (χ0v) is 13.9. The van der Waals surface area contributed by atoms with E-state index in [1.54, 1.807) is 19.1 Å². The summed E-state index contributed by atoms with van der Waals surface area (Å²) in [4.78, 5) is 5.48. The lowest BCUT2D eigenvalue weighted by Gasteiger charge is -2.39.